The van der Waals surface area contributed by atoms with Gasteiger partial charge in [-0.2, -0.15) is 0 Å². The first kappa shape index (κ1) is 91.0. The van der Waals surface area contributed by atoms with Gasteiger partial charge in [-0.3, -0.25) is 0 Å². The van der Waals surface area contributed by atoms with Crippen molar-refractivity contribution < 1.29 is 9.31 Å². The van der Waals surface area contributed by atoms with Crippen LogP contribution in [0.5, 0.6) is 0 Å². The number of benzene rings is 18. The topological polar surface area (TPSA) is 44.2 Å². The average Bonchev–Trinajstić information content (AvgIpc) is 1.49. The molecule has 0 radical (unpaired) electrons. The summed E-state index contributed by atoms with van der Waals surface area (Å²) in [6, 6.07) is 172. The number of rotatable bonds is 12. The van der Waals surface area contributed by atoms with Gasteiger partial charge < -0.3 is 9.31 Å². The average molecular weight is 1830 g/mol. The number of fused-ring (bicyclic) bond motifs is 18. The Morgan fingerprint density at radius 1 is 0.193 bits per heavy atom. The van der Waals surface area contributed by atoms with E-state index in [4.69, 9.17) is 25.9 Å². The van der Waals surface area contributed by atoms with Gasteiger partial charge in [0.2, 0.25) is 0 Å². The Bertz CT molecular complexity index is 7790. The molecule has 2 aromatic heterocycles. The Morgan fingerprint density at radius 3 is 0.793 bits per heavy atom. The summed E-state index contributed by atoms with van der Waals surface area (Å²) in [4.78, 5) is 9.93. The Hall–Kier alpha value is -15.5. The quantitative estimate of drug-likeness (QED) is 0.0903. The molecule has 0 N–H and O–H groups in total. The number of halogens is 1. The molecule has 0 unspecified atom stereocenters. The zero-order chi connectivity index (χ0) is 93.7. The highest BCUT2D eigenvalue weighted by Crippen LogP contribution is 2.66. The van der Waals surface area contributed by atoms with E-state index in [-0.39, 0.29) is 25.7 Å². The van der Waals surface area contributed by atoms with Gasteiger partial charge in [-0.1, -0.05) is 491 Å². The molecule has 3 heterocycles. The van der Waals surface area contributed by atoms with Gasteiger partial charge in [0.1, 0.15) is 5.15 Å². The zero-order valence-electron chi connectivity index (χ0n) is 78.7. The van der Waals surface area contributed by atoms with Crippen LogP contribution in [0.1, 0.15) is 137 Å². The van der Waals surface area contributed by atoms with Crippen LogP contribution < -0.4 is 5.46 Å². The number of hydrogen-bond donors (Lipinski definition) is 0. The third-order valence-corrected chi connectivity index (χ3v) is 30.4. The predicted octanol–water partition coefficient (Wildman–Crippen LogP) is 34.4. The lowest BCUT2D eigenvalue weighted by Gasteiger charge is -2.46. The molecular formula is C134H110BClN2O2. The van der Waals surface area contributed by atoms with Gasteiger partial charge in [-0.05, 0) is 248 Å². The second kappa shape index (κ2) is 36.5. The molecule has 6 heteroatoms. The van der Waals surface area contributed by atoms with Crippen LogP contribution in [0.25, 0.3) is 145 Å². The lowest BCUT2D eigenvalue weighted by Crippen LogP contribution is -2.41. The van der Waals surface area contributed by atoms with E-state index in [1.54, 1.807) is 0 Å². The van der Waals surface area contributed by atoms with Crippen molar-refractivity contribution in [2.75, 3.05) is 0 Å². The largest absolute Gasteiger partial charge is 0.495 e. The second-order valence-electron chi connectivity index (χ2n) is 39.2. The van der Waals surface area contributed by atoms with Gasteiger partial charge in [0.05, 0.1) is 39.1 Å². The maximum atomic E-state index is 6.82. The highest BCUT2D eigenvalue weighted by atomic mass is 35.5. The first-order valence-corrected chi connectivity index (χ1v) is 48.5. The van der Waals surface area contributed by atoms with E-state index in [2.05, 4.69) is 479 Å². The maximum absolute atomic E-state index is 6.82. The van der Waals surface area contributed by atoms with Crippen molar-refractivity contribution in [2.45, 2.75) is 103 Å². The molecule has 140 heavy (non-hydrogen) atoms. The fourth-order valence-electron chi connectivity index (χ4n) is 22.6. The predicted molar refractivity (Wildman–Crippen MR) is 588 cm³/mol. The molecule has 1 saturated heterocycles. The third kappa shape index (κ3) is 15.5. The van der Waals surface area contributed by atoms with E-state index < -0.39 is 29.2 Å². The van der Waals surface area contributed by atoms with E-state index in [9.17, 15) is 0 Å². The molecule has 4 aliphatic carbocycles. The number of hydrogen-bond acceptors (Lipinski definition) is 4. The normalized spacial score (nSPS) is 14.6. The highest BCUT2D eigenvalue weighted by molar-refractivity contribution is 6.64. The molecule has 1 fully saturated rings. The molecule has 0 amide bonds. The summed E-state index contributed by atoms with van der Waals surface area (Å²) in [6.45, 7) is 18.1. The lowest BCUT2D eigenvalue weighted by atomic mass is 9.55. The monoisotopic (exact) mass is 1820 g/mol. The van der Waals surface area contributed by atoms with Crippen LogP contribution in [0, 0.1) is 0 Å². The molecule has 18 aromatic carbocycles. The SMILES string of the molecule is C.C.CC1(C)c2ccccc2C2(c3ccc(-c4ccc(-c5ccc(-c6ccccc6)cc5)cc4)cc3-c3c(-c4cc(-c5ccccc5)cc(-c5ccccc5)n4)cccc32)c2ccccc21.CC1(C)c2ccccc2C2(c3ccc(-c4ccc(-c5ccc(-c6ccccc6)cc5)cc4)cc3-c3c(B4OC(C)(C)C(C)(C)O4)cccc32)c2ccccc21.Clc1cc(-c2ccccc2)cc(-c2ccccc2)n1. The first-order chi connectivity index (χ1) is 67.3. The number of nitrogens with zero attached hydrogens (tertiary/aromatic N) is 2. The molecular weight excluding hydrogens is 1720 g/mol. The minimum atomic E-state index is -0.531. The van der Waals surface area contributed by atoms with Crippen LogP contribution >= 0.6 is 11.6 Å². The summed E-state index contributed by atoms with van der Waals surface area (Å²) < 4.78 is 13.6. The van der Waals surface area contributed by atoms with Crippen LogP contribution in [0.3, 0.4) is 0 Å². The molecule has 0 atom stereocenters. The van der Waals surface area contributed by atoms with Crippen LogP contribution in [-0.2, 0) is 31.0 Å². The molecule has 1 aliphatic heterocycles. The zero-order valence-corrected chi connectivity index (χ0v) is 79.5. The van der Waals surface area contributed by atoms with Crippen molar-refractivity contribution in [1.29, 1.82) is 0 Å². The van der Waals surface area contributed by atoms with E-state index in [0.717, 1.165) is 55.9 Å². The van der Waals surface area contributed by atoms with Gasteiger partial charge >= 0.3 is 7.12 Å². The Balaban J connectivity index is 0.000000139. The first-order valence-electron chi connectivity index (χ1n) is 48.1. The summed E-state index contributed by atoms with van der Waals surface area (Å²) in [6.07, 6.45) is 0. The van der Waals surface area contributed by atoms with Gasteiger partial charge in [-0.15, -0.1) is 0 Å². The van der Waals surface area contributed by atoms with Gasteiger partial charge in [-0.25, -0.2) is 9.97 Å². The molecule has 5 aliphatic rings. The van der Waals surface area contributed by atoms with Crippen LogP contribution in [0.2, 0.25) is 5.15 Å². The minimum Gasteiger partial charge on any atom is -0.399 e. The highest BCUT2D eigenvalue weighted by Gasteiger charge is 2.58. The fourth-order valence-corrected chi connectivity index (χ4v) is 22.8. The maximum Gasteiger partial charge on any atom is 0.495 e. The summed E-state index contributed by atoms with van der Waals surface area (Å²) in [5.74, 6) is 0. The standard InChI is InChI=1S/C63H45N.C52H45BO2.C17H12ClN.2CH4/c1-62(2)54-24-12-14-26-56(54)63(57-27-15-13-25-55(57)62)53-38-37-49(47-35-33-46(34-36-47)45-31-29-44(30-32-45)42-17-6-3-7-18-42)39-52(53)61-51(23-16-28-58(61)63)60-41-50(43-19-8-4-9-20-43)40-59(64-60)48-21-10-5-11-22-48;1-49(2)42-17-10-12-19-44(42)52(45-20-13-11-18-43(45)49)41-32-31-39(33-40(41)48-46(52)21-14-22-47(48)53-54-50(3,4)51(5,6)55-53)38-29-27-37(28-30-38)36-25-23-35(24-26-36)34-15-8-7-9-16-34;18-17-12-15(13-7-3-1-4-8-13)11-16(19-17)14-9-5-2-6-10-14;;/h3-41H,1-2H3;7-33H,1-6H3;1-12H;2*1H4. The van der Waals surface area contributed by atoms with E-state index in [0.29, 0.717) is 5.15 Å². The van der Waals surface area contributed by atoms with Crippen LogP contribution in [-0.4, -0.2) is 28.3 Å². The van der Waals surface area contributed by atoms with Crippen molar-refractivity contribution in [3.05, 3.63) is 545 Å². The fraction of sp³-hybridized carbons (Fsp3) is 0.119. The van der Waals surface area contributed by atoms with Crippen molar-refractivity contribution >= 4 is 24.2 Å². The minimum absolute atomic E-state index is 0. The van der Waals surface area contributed by atoms with Gasteiger partial charge in [0.25, 0.3) is 0 Å². The third-order valence-electron chi connectivity index (χ3n) is 30.2. The Kier molecular flexibility index (Phi) is 23.7. The molecule has 25 rings (SSSR count). The summed E-state index contributed by atoms with van der Waals surface area (Å²) in [5, 5.41) is 0.514. The summed E-state index contributed by atoms with van der Waals surface area (Å²) in [7, 11) is -0.496. The second-order valence-corrected chi connectivity index (χ2v) is 39.6. The van der Waals surface area contributed by atoms with Crippen molar-refractivity contribution in [1.82, 2.24) is 9.97 Å². The smallest absolute Gasteiger partial charge is 0.399 e. The van der Waals surface area contributed by atoms with E-state index in [1.807, 2.05) is 54.6 Å². The molecule has 4 nitrogen and oxygen atoms in total. The molecule has 0 saturated carbocycles. The Morgan fingerprint density at radius 2 is 0.443 bits per heavy atom. The van der Waals surface area contributed by atoms with Gasteiger partial charge in [0, 0.05) is 27.5 Å². The number of aromatic nitrogens is 2. The molecule has 2 spiro atoms. The summed E-state index contributed by atoms with van der Waals surface area (Å²) >= 11 is 6.14. The van der Waals surface area contributed by atoms with E-state index >= 15 is 0 Å². The van der Waals surface area contributed by atoms with Crippen molar-refractivity contribution in [2.24, 2.45) is 0 Å². The van der Waals surface area contributed by atoms with Crippen LogP contribution in [0.4, 0.5) is 0 Å². The van der Waals surface area contributed by atoms with Crippen molar-refractivity contribution in [3.8, 4) is 145 Å². The van der Waals surface area contributed by atoms with Crippen LogP contribution in [0.15, 0.2) is 473 Å². The van der Waals surface area contributed by atoms with Gasteiger partial charge in [0.15, 0.2) is 0 Å². The number of pyridine rings is 2. The lowest BCUT2D eigenvalue weighted by molar-refractivity contribution is 0.00578. The molecule has 678 valence electrons. The Labute approximate surface area is 830 Å². The van der Waals surface area contributed by atoms with E-state index in [1.165, 1.54) is 161 Å². The molecule has 20 aromatic rings. The van der Waals surface area contributed by atoms with Crippen molar-refractivity contribution in [3.63, 3.8) is 0 Å². The summed E-state index contributed by atoms with van der Waals surface area (Å²) in [5.41, 5.74) is 45.0. The molecule has 0 bridgehead atoms.